The largest absolute Gasteiger partial charge is 0.497 e. The van der Waals surface area contributed by atoms with Crippen LogP contribution in [0.1, 0.15) is 43.4 Å². The number of benzene rings is 1. The van der Waals surface area contributed by atoms with Crippen LogP contribution in [0.2, 0.25) is 0 Å². The molecule has 2 N–H and O–H groups in total. The van der Waals surface area contributed by atoms with E-state index in [0.717, 1.165) is 25.7 Å². The smallest absolute Gasteiger partial charge is 0.141 e. The highest BCUT2D eigenvalue weighted by molar-refractivity contribution is 5.72. The first-order chi connectivity index (χ1) is 15.5. The molecule has 1 aliphatic carbocycles. The number of pyridine rings is 1. The molecule has 2 aromatic heterocycles. The van der Waals surface area contributed by atoms with Gasteiger partial charge >= 0.3 is 0 Å². The first-order valence-electron chi connectivity index (χ1n) is 10.5. The number of aromatic nitrogens is 2. The fourth-order valence-corrected chi connectivity index (χ4v) is 4.24. The molecule has 3 aromatic rings. The number of fused-ring (bicyclic) bond motifs is 1. The number of nitrogens with zero attached hydrogens (tertiary/aromatic N) is 4. The summed E-state index contributed by atoms with van der Waals surface area (Å²) in [5.74, 6) is 1.34. The Morgan fingerprint density at radius 3 is 2.44 bits per heavy atom. The third kappa shape index (κ3) is 3.93. The van der Waals surface area contributed by atoms with E-state index >= 15 is 0 Å². The fourth-order valence-electron chi connectivity index (χ4n) is 4.24. The molecule has 0 bridgehead atoms. The summed E-state index contributed by atoms with van der Waals surface area (Å²) in [5.41, 5.74) is 8.78. The maximum atomic E-state index is 9.75. The van der Waals surface area contributed by atoms with E-state index in [1.807, 2.05) is 0 Å². The number of hydrogen-bond acceptors (Lipinski definition) is 7. The van der Waals surface area contributed by atoms with Gasteiger partial charge in [0.25, 0.3) is 0 Å². The minimum atomic E-state index is -0.401. The molecule has 8 heteroatoms. The van der Waals surface area contributed by atoms with Gasteiger partial charge in [0.1, 0.15) is 52.9 Å². The molecule has 0 atom stereocenters. The van der Waals surface area contributed by atoms with E-state index in [1.165, 1.54) is 13.5 Å². The van der Waals surface area contributed by atoms with E-state index in [2.05, 4.69) is 17.1 Å². The van der Waals surface area contributed by atoms with Crippen LogP contribution in [0, 0.1) is 22.7 Å². The van der Waals surface area contributed by atoms with Gasteiger partial charge in [-0.15, -0.1) is 0 Å². The van der Waals surface area contributed by atoms with E-state index in [-0.39, 0.29) is 0 Å². The van der Waals surface area contributed by atoms with Crippen LogP contribution in [-0.4, -0.2) is 35.8 Å². The fraction of sp³-hybridized carbons (Fsp3) is 0.375. The maximum absolute atomic E-state index is 9.75. The van der Waals surface area contributed by atoms with Crippen molar-refractivity contribution in [2.45, 2.75) is 37.6 Å². The number of rotatable bonds is 6. The van der Waals surface area contributed by atoms with Crippen LogP contribution >= 0.6 is 0 Å². The molecular formula is C24H25N5O3. The first kappa shape index (κ1) is 21.5. The zero-order chi connectivity index (χ0) is 22.7. The molecule has 4 rings (SSSR count). The Hall–Kier alpha value is -3.75. The van der Waals surface area contributed by atoms with Crippen molar-refractivity contribution in [2.75, 3.05) is 20.8 Å². The zero-order valence-electron chi connectivity index (χ0n) is 18.2. The van der Waals surface area contributed by atoms with Crippen molar-refractivity contribution < 1.29 is 14.2 Å². The first-order valence-corrected chi connectivity index (χ1v) is 10.5. The van der Waals surface area contributed by atoms with Crippen LogP contribution in [0.4, 0.5) is 0 Å². The van der Waals surface area contributed by atoms with Crippen molar-refractivity contribution in [3.63, 3.8) is 0 Å². The Kier molecular flexibility index (Phi) is 5.89. The van der Waals surface area contributed by atoms with E-state index < -0.39 is 5.54 Å². The third-order valence-electron chi connectivity index (χ3n) is 5.99. The number of methoxy groups -OCH3 is 2. The lowest BCUT2D eigenvalue weighted by molar-refractivity contribution is 0.173. The van der Waals surface area contributed by atoms with E-state index in [9.17, 15) is 10.5 Å². The summed E-state index contributed by atoms with van der Waals surface area (Å²) >= 11 is 0. The van der Waals surface area contributed by atoms with Crippen LogP contribution in [0.5, 0.6) is 17.2 Å². The molecule has 32 heavy (non-hydrogen) atoms. The van der Waals surface area contributed by atoms with Crippen LogP contribution in [0.25, 0.3) is 16.9 Å². The van der Waals surface area contributed by atoms with Gasteiger partial charge in [-0.3, -0.25) is 4.40 Å². The second-order valence-corrected chi connectivity index (χ2v) is 8.10. The Morgan fingerprint density at radius 2 is 1.78 bits per heavy atom. The molecule has 164 valence electrons. The average molecular weight is 431 g/mol. The molecule has 1 saturated carbocycles. The lowest BCUT2D eigenvalue weighted by Gasteiger charge is -2.33. The third-order valence-corrected chi connectivity index (χ3v) is 5.99. The van der Waals surface area contributed by atoms with Crippen molar-refractivity contribution in [3.8, 4) is 40.6 Å². The molecule has 1 aliphatic rings. The van der Waals surface area contributed by atoms with Crippen LogP contribution in [-0.2, 0) is 0 Å². The van der Waals surface area contributed by atoms with Gasteiger partial charge < -0.3 is 19.9 Å². The molecule has 1 fully saturated rings. The summed E-state index contributed by atoms with van der Waals surface area (Å²) in [6.45, 7) is 0.322. The molecule has 0 radical (unpaired) electrons. The van der Waals surface area contributed by atoms with Crippen molar-refractivity contribution >= 4 is 5.65 Å². The van der Waals surface area contributed by atoms with Gasteiger partial charge in [0.2, 0.25) is 0 Å². The molecule has 0 amide bonds. The van der Waals surface area contributed by atoms with Crippen molar-refractivity contribution in [1.29, 1.82) is 10.5 Å². The molecule has 8 nitrogen and oxygen atoms in total. The zero-order valence-corrected chi connectivity index (χ0v) is 18.2. The Bertz CT molecular complexity index is 1230. The molecule has 0 aliphatic heterocycles. The number of nitriles is 2. The van der Waals surface area contributed by atoms with Gasteiger partial charge in [0.15, 0.2) is 0 Å². The Balaban J connectivity index is 1.79. The standard InChI is InChI=1S/C24H25N5O3/c1-30-18-10-17(12-25)29-20(14-28-23(29)11-18)16-8-21(31-2)19(13-26)22(9-16)32-15-24(27)6-4-3-5-7-24/h8-11,14H,3-7,15,27H2,1-2H3. The number of hydrogen-bond donors (Lipinski definition) is 1. The molecule has 0 unspecified atom stereocenters. The second kappa shape index (κ2) is 8.78. The molecule has 1 aromatic carbocycles. The number of nitrogens with two attached hydrogens (primary N) is 1. The lowest BCUT2D eigenvalue weighted by Crippen LogP contribution is -2.47. The topological polar surface area (TPSA) is 119 Å². The highest BCUT2D eigenvalue weighted by Crippen LogP contribution is 2.37. The quantitative estimate of drug-likeness (QED) is 0.630. The molecule has 2 heterocycles. The van der Waals surface area contributed by atoms with Crippen LogP contribution in [0.15, 0.2) is 30.5 Å². The lowest BCUT2D eigenvalue weighted by atomic mass is 9.83. The summed E-state index contributed by atoms with van der Waals surface area (Å²) in [6.07, 6.45) is 6.81. The summed E-state index contributed by atoms with van der Waals surface area (Å²) < 4.78 is 18.6. The summed E-state index contributed by atoms with van der Waals surface area (Å²) in [4.78, 5) is 4.44. The summed E-state index contributed by atoms with van der Waals surface area (Å²) in [7, 11) is 3.05. The molecular weight excluding hydrogens is 406 g/mol. The normalized spacial score (nSPS) is 15.0. The van der Waals surface area contributed by atoms with Crippen molar-refractivity contribution in [2.24, 2.45) is 5.73 Å². The van der Waals surface area contributed by atoms with E-state index in [1.54, 1.807) is 42.0 Å². The van der Waals surface area contributed by atoms with Gasteiger partial charge in [-0.05, 0) is 25.0 Å². The van der Waals surface area contributed by atoms with Gasteiger partial charge in [-0.25, -0.2) is 4.98 Å². The summed E-state index contributed by atoms with van der Waals surface area (Å²) in [5, 5.41) is 19.4. The van der Waals surface area contributed by atoms with E-state index in [0.29, 0.717) is 52.0 Å². The second-order valence-electron chi connectivity index (χ2n) is 8.10. The summed E-state index contributed by atoms with van der Waals surface area (Å²) in [6, 6.07) is 11.3. The SMILES string of the molecule is COc1cc(C#N)n2c(-c3cc(OC)c(C#N)c(OCC4(N)CCCCC4)c3)cnc2c1. The predicted molar refractivity (Wildman–Crippen MR) is 119 cm³/mol. The number of imidazole rings is 1. The van der Waals surface area contributed by atoms with Gasteiger partial charge in [0.05, 0.1) is 31.6 Å². The maximum Gasteiger partial charge on any atom is 0.141 e. The van der Waals surface area contributed by atoms with E-state index in [4.69, 9.17) is 19.9 Å². The van der Waals surface area contributed by atoms with Gasteiger partial charge in [0, 0.05) is 17.7 Å². The van der Waals surface area contributed by atoms with Crippen LogP contribution in [0.3, 0.4) is 0 Å². The van der Waals surface area contributed by atoms with Crippen LogP contribution < -0.4 is 19.9 Å². The van der Waals surface area contributed by atoms with Crippen molar-refractivity contribution in [1.82, 2.24) is 9.38 Å². The highest BCUT2D eigenvalue weighted by Gasteiger charge is 2.29. The Morgan fingerprint density at radius 1 is 1.03 bits per heavy atom. The van der Waals surface area contributed by atoms with Gasteiger partial charge in [-0.1, -0.05) is 19.3 Å². The predicted octanol–water partition coefficient (Wildman–Crippen LogP) is 3.80. The average Bonchev–Trinajstić information content (AvgIpc) is 3.26. The minimum absolute atomic E-state index is 0.312. The minimum Gasteiger partial charge on any atom is -0.497 e. The highest BCUT2D eigenvalue weighted by atomic mass is 16.5. The Labute approximate surface area is 186 Å². The monoisotopic (exact) mass is 431 g/mol. The molecule has 0 saturated heterocycles. The molecule has 0 spiro atoms. The van der Waals surface area contributed by atoms with Gasteiger partial charge in [-0.2, -0.15) is 10.5 Å². The van der Waals surface area contributed by atoms with Crippen molar-refractivity contribution in [3.05, 3.63) is 41.7 Å². The number of ether oxygens (including phenoxy) is 3.